The lowest BCUT2D eigenvalue weighted by molar-refractivity contribution is 0.0187. The molecule has 0 radical (unpaired) electrons. The molecule has 0 aliphatic rings. The first-order chi connectivity index (χ1) is 5.41. The van der Waals surface area contributed by atoms with Crippen LogP contribution in [0.4, 0.5) is 4.79 Å². The van der Waals surface area contributed by atoms with Gasteiger partial charge < -0.3 is 9.47 Å². The van der Waals surface area contributed by atoms with E-state index in [0.717, 1.165) is 0 Å². The van der Waals surface area contributed by atoms with E-state index >= 15 is 0 Å². The van der Waals surface area contributed by atoms with Crippen molar-refractivity contribution in [3.8, 4) is 12.3 Å². The smallest absolute Gasteiger partial charge is 0.438 e. The summed E-state index contributed by atoms with van der Waals surface area (Å²) in [4.78, 5) is 10.7. The molecule has 0 aromatic heterocycles. The predicted octanol–water partition coefficient (Wildman–Crippen LogP) is 1.82. The van der Waals surface area contributed by atoms with Crippen LogP contribution in [0.25, 0.3) is 0 Å². The van der Waals surface area contributed by atoms with E-state index in [9.17, 15) is 4.79 Å². The van der Waals surface area contributed by atoms with Crippen molar-refractivity contribution in [1.29, 1.82) is 0 Å². The lowest BCUT2D eigenvalue weighted by Crippen LogP contribution is -2.30. The van der Waals surface area contributed by atoms with Crippen molar-refractivity contribution in [3.63, 3.8) is 0 Å². The van der Waals surface area contributed by atoms with Crippen LogP contribution >= 0.6 is 0 Å². The molecule has 0 heterocycles. The summed E-state index contributed by atoms with van der Waals surface area (Å²) in [5.74, 6) is 2.38. The molecule has 0 N–H and O–H groups in total. The van der Waals surface area contributed by atoms with Gasteiger partial charge in [-0.25, -0.2) is 4.79 Å². The van der Waals surface area contributed by atoms with Crippen LogP contribution in [0, 0.1) is 17.8 Å². The Balaban J connectivity index is 4.22. The minimum absolute atomic E-state index is 0.261. The number of carbonyl (C=O) groups is 1. The van der Waals surface area contributed by atoms with Gasteiger partial charge in [-0.15, -0.1) is 6.42 Å². The molecule has 68 valence electrons. The zero-order valence-electron chi connectivity index (χ0n) is 7.88. The highest BCUT2D eigenvalue weighted by Crippen LogP contribution is 2.21. The SMILES string of the molecule is C#C[C@@H](OC(=O)OC)C(C)(C)C. The summed E-state index contributed by atoms with van der Waals surface area (Å²) < 4.78 is 9.14. The molecule has 0 aromatic carbocycles. The fraction of sp³-hybridized carbons (Fsp3) is 0.667. The molecule has 0 rings (SSSR count). The molecule has 0 bridgehead atoms. The van der Waals surface area contributed by atoms with E-state index in [-0.39, 0.29) is 5.41 Å². The minimum Gasteiger partial charge on any atom is -0.438 e. The molecule has 1 atom stereocenters. The van der Waals surface area contributed by atoms with E-state index in [2.05, 4.69) is 10.7 Å². The van der Waals surface area contributed by atoms with Gasteiger partial charge in [-0.1, -0.05) is 26.7 Å². The number of ether oxygens (including phenoxy) is 2. The summed E-state index contributed by atoms with van der Waals surface area (Å²) in [5.41, 5.74) is -0.261. The van der Waals surface area contributed by atoms with Crippen LogP contribution in [0.1, 0.15) is 20.8 Å². The third-order valence-electron chi connectivity index (χ3n) is 1.32. The molecular formula is C9H14O3. The number of terminal acetylenes is 1. The summed E-state index contributed by atoms with van der Waals surface area (Å²) in [6.45, 7) is 5.67. The van der Waals surface area contributed by atoms with Gasteiger partial charge in [0.1, 0.15) is 0 Å². The van der Waals surface area contributed by atoms with Crippen LogP contribution < -0.4 is 0 Å². The Bertz CT molecular complexity index is 195. The van der Waals surface area contributed by atoms with Crippen molar-refractivity contribution in [2.45, 2.75) is 26.9 Å². The van der Waals surface area contributed by atoms with Crippen LogP contribution in [0.15, 0.2) is 0 Å². The van der Waals surface area contributed by atoms with Crippen molar-refractivity contribution < 1.29 is 14.3 Å². The molecule has 0 saturated carbocycles. The summed E-state index contributed by atoms with van der Waals surface area (Å²) >= 11 is 0. The van der Waals surface area contributed by atoms with Crippen molar-refractivity contribution in [3.05, 3.63) is 0 Å². The Morgan fingerprint density at radius 2 is 2.00 bits per heavy atom. The number of methoxy groups -OCH3 is 1. The molecule has 3 heteroatoms. The third kappa shape index (κ3) is 3.29. The number of rotatable bonds is 1. The lowest BCUT2D eigenvalue weighted by Gasteiger charge is -2.24. The second-order valence-corrected chi connectivity index (χ2v) is 3.48. The summed E-state index contributed by atoms with van der Waals surface area (Å²) in [5, 5.41) is 0. The standard InChI is InChI=1S/C9H14O3/c1-6-7(9(2,3)4)12-8(10)11-5/h1,7H,2-5H3/t7-/m1/s1. The summed E-state index contributed by atoms with van der Waals surface area (Å²) in [6.07, 6.45) is 3.89. The Hall–Kier alpha value is -1.17. The highest BCUT2D eigenvalue weighted by Gasteiger charge is 2.26. The van der Waals surface area contributed by atoms with Gasteiger partial charge in [0.05, 0.1) is 7.11 Å². The highest BCUT2D eigenvalue weighted by molar-refractivity contribution is 5.60. The monoisotopic (exact) mass is 170 g/mol. The van der Waals surface area contributed by atoms with Crippen LogP contribution in [-0.2, 0) is 9.47 Å². The Kier molecular flexibility index (Phi) is 3.62. The first kappa shape index (κ1) is 10.8. The Labute approximate surface area is 73.0 Å². The van der Waals surface area contributed by atoms with Crippen LogP contribution in [0.2, 0.25) is 0 Å². The van der Waals surface area contributed by atoms with Gasteiger partial charge in [-0.3, -0.25) is 0 Å². The predicted molar refractivity (Wildman–Crippen MR) is 45.6 cm³/mol. The molecule has 0 fully saturated rings. The molecular weight excluding hydrogens is 156 g/mol. The molecule has 0 unspecified atom stereocenters. The number of hydrogen-bond donors (Lipinski definition) is 0. The first-order valence-electron chi connectivity index (χ1n) is 3.62. The van der Waals surface area contributed by atoms with Crippen LogP contribution in [0.3, 0.4) is 0 Å². The maximum absolute atomic E-state index is 10.7. The average molecular weight is 170 g/mol. The molecule has 0 aliphatic carbocycles. The quantitative estimate of drug-likeness (QED) is 0.444. The second kappa shape index (κ2) is 4.01. The van der Waals surface area contributed by atoms with E-state index in [1.807, 2.05) is 20.8 Å². The summed E-state index contributed by atoms with van der Waals surface area (Å²) in [7, 11) is 1.25. The zero-order valence-corrected chi connectivity index (χ0v) is 7.88. The second-order valence-electron chi connectivity index (χ2n) is 3.48. The van der Waals surface area contributed by atoms with Gasteiger partial charge in [0, 0.05) is 5.41 Å². The van der Waals surface area contributed by atoms with Gasteiger partial charge in [0.15, 0.2) is 6.10 Å². The van der Waals surface area contributed by atoms with E-state index in [0.29, 0.717) is 0 Å². The number of carbonyl (C=O) groups excluding carboxylic acids is 1. The van der Waals surface area contributed by atoms with Crippen LogP contribution in [0.5, 0.6) is 0 Å². The van der Waals surface area contributed by atoms with Gasteiger partial charge in [0.25, 0.3) is 0 Å². The minimum atomic E-state index is -0.743. The topological polar surface area (TPSA) is 35.5 Å². The first-order valence-corrected chi connectivity index (χ1v) is 3.62. The van der Waals surface area contributed by atoms with E-state index in [1.165, 1.54) is 7.11 Å². The Morgan fingerprint density at radius 1 is 1.50 bits per heavy atom. The molecule has 0 spiro atoms. The Morgan fingerprint density at radius 3 is 2.25 bits per heavy atom. The largest absolute Gasteiger partial charge is 0.509 e. The van der Waals surface area contributed by atoms with Gasteiger partial charge in [-0.2, -0.15) is 0 Å². The van der Waals surface area contributed by atoms with Gasteiger partial charge >= 0.3 is 6.16 Å². The van der Waals surface area contributed by atoms with E-state index in [4.69, 9.17) is 11.2 Å². The van der Waals surface area contributed by atoms with Crippen molar-refractivity contribution in [2.24, 2.45) is 5.41 Å². The molecule has 0 aromatic rings. The maximum Gasteiger partial charge on any atom is 0.509 e. The molecule has 0 saturated heterocycles. The van der Waals surface area contributed by atoms with E-state index < -0.39 is 12.3 Å². The molecule has 12 heavy (non-hydrogen) atoms. The normalized spacial score (nSPS) is 12.9. The zero-order chi connectivity index (χ0) is 9.78. The maximum atomic E-state index is 10.7. The van der Waals surface area contributed by atoms with Gasteiger partial charge in [-0.05, 0) is 0 Å². The summed E-state index contributed by atoms with van der Waals surface area (Å²) in [6, 6.07) is 0. The van der Waals surface area contributed by atoms with Crippen molar-refractivity contribution in [2.75, 3.05) is 7.11 Å². The fourth-order valence-electron chi connectivity index (χ4n) is 0.605. The lowest BCUT2D eigenvalue weighted by atomic mass is 9.90. The average Bonchev–Trinajstić information content (AvgIpc) is 1.97. The molecule has 0 amide bonds. The van der Waals surface area contributed by atoms with Crippen molar-refractivity contribution >= 4 is 6.16 Å². The van der Waals surface area contributed by atoms with Gasteiger partial charge in [0.2, 0.25) is 0 Å². The third-order valence-corrected chi connectivity index (χ3v) is 1.32. The fourth-order valence-corrected chi connectivity index (χ4v) is 0.605. The molecule has 3 nitrogen and oxygen atoms in total. The number of hydrogen-bond acceptors (Lipinski definition) is 3. The van der Waals surface area contributed by atoms with Crippen molar-refractivity contribution in [1.82, 2.24) is 0 Å². The van der Waals surface area contributed by atoms with E-state index in [1.54, 1.807) is 0 Å². The highest BCUT2D eigenvalue weighted by atomic mass is 16.7. The molecule has 0 aliphatic heterocycles. The van der Waals surface area contributed by atoms with Crippen LogP contribution in [-0.4, -0.2) is 19.4 Å².